The molecule has 2 nitrogen and oxygen atoms in total. The van der Waals surface area contributed by atoms with E-state index in [0.717, 1.165) is 51.4 Å². The van der Waals surface area contributed by atoms with Crippen LogP contribution in [0.25, 0.3) is 0 Å². The molecule has 4 rings (SSSR count). The number of halogens is 2. The topological polar surface area (TPSA) is 40.5 Å². The lowest BCUT2D eigenvalue weighted by Crippen LogP contribution is -2.49. The van der Waals surface area contributed by atoms with E-state index in [1.807, 2.05) is 0 Å². The van der Waals surface area contributed by atoms with Gasteiger partial charge in [0.15, 0.2) is 0 Å². The van der Waals surface area contributed by atoms with Crippen LogP contribution in [0.3, 0.4) is 0 Å². The molecule has 0 aromatic carbocycles. The Balaban J connectivity index is 1.57. The highest BCUT2D eigenvalue weighted by Gasteiger charge is 2.59. The van der Waals surface area contributed by atoms with Crippen LogP contribution in [0.15, 0.2) is 11.6 Å². The highest BCUT2D eigenvalue weighted by molar-refractivity contribution is 5.20. The third-order valence-electron chi connectivity index (χ3n) is 8.97. The van der Waals surface area contributed by atoms with Gasteiger partial charge in [-0.05, 0) is 86.4 Å². The number of aliphatic hydroxyl groups is 2. The van der Waals surface area contributed by atoms with E-state index in [4.69, 9.17) is 5.11 Å². The zero-order valence-corrected chi connectivity index (χ0v) is 16.1. The Morgan fingerprint density at radius 3 is 2.69 bits per heavy atom. The lowest BCUT2D eigenvalue weighted by molar-refractivity contribution is -0.133. The van der Waals surface area contributed by atoms with Crippen LogP contribution in [-0.2, 0) is 0 Å². The molecule has 3 fully saturated rings. The summed E-state index contributed by atoms with van der Waals surface area (Å²) >= 11 is 0. The summed E-state index contributed by atoms with van der Waals surface area (Å²) in [4.78, 5) is 0. The van der Waals surface area contributed by atoms with Crippen LogP contribution in [0.5, 0.6) is 0 Å². The molecule has 8 atom stereocenters. The van der Waals surface area contributed by atoms with Crippen LogP contribution < -0.4 is 0 Å². The number of hydrogen-bond acceptors (Lipinski definition) is 2. The van der Waals surface area contributed by atoms with Crippen molar-refractivity contribution >= 4 is 0 Å². The third-order valence-corrected chi connectivity index (χ3v) is 8.97. The van der Waals surface area contributed by atoms with E-state index in [9.17, 15) is 13.9 Å². The van der Waals surface area contributed by atoms with Crippen molar-refractivity contribution in [2.24, 2.45) is 40.9 Å². The molecule has 0 radical (unpaired) electrons. The van der Waals surface area contributed by atoms with E-state index in [1.54, 1.807) is 6.92 Å². The van der Waals surface area contributed by atoms with Crippen molar-refractivity contribution in [1.29, 1.82) is 0 Å². The van der Waals surface area contributed by atoms with Gasteiger partial charge in [-0.25, -0.2) is 8.78 Å². The molecule has 4 aliphatic carbocycles. The zero-order valence-electron chi connectivity index (χ0n) is 16.1. The molecule has 2 N–H and O–H groups in total. The fourth-order valence-corrected chi connectivity index (χ4v) is 7.55. The molecule has 4 heteroatoms. The molecule has 3 saturated carbocycles. The van der Waals surface area contributed by atoms with Gasteiger partial charge in [-0.15, -0.1) is 0 Å². The Labute approximate surface area is 156 Å². The van der Waals surface area contributed by atoms with Gasteiger partial charge in [-0.2, -0.15) is 0 Å². The predicted octanol–water partition coefficient (Wildman–Crippen LogP) is 4.80. The quantitative estimate of drug-likeness (QED) is 0.703. The van der Waals surface area contributed by atoms with Crippen molar-refractivity contribution in [1.82, 2.24) is 0 Å². The summed E-state index contributed by atoms with van der Waals surface area (Å²) in [5, 5.41) is 19.2. The molecule has 148 valence electrons. The summed E-state index contributed by atoms with van der Waals surface area (Å²) in [5.41, 5.74) is 1.46. The van der Waals surface area contributed by atoms with Gasteiger partial charge in [0.2, 0.25) is 0 Å². The first-order valence-corrected chi connectivity index (χ1v) is 10.6. The number of rotatable bonds is 3. The minimum absolute atomic E-state index is 0.00848. The molecule has 0 aromatic rings. The SMILES string of the molecule is CC([C@H]1CCC2C3CC=C4CC(O)CC[C@@H]4C3CC[C@@]21C)C(F)(F)CO. The molecule has 0 heterocycles. The number of alkyl halides is 2. The monoisotopic (exact) mass is 368 g/mol. The lowest BCUT2D eigenvalue weighted by Gasteiger charge is -2.54. The van der Waals surface area contributed by atoms with Crippen LogP contribution in [0.1, 0.15) is 65.2 Å². The molecule has 0 bridgehead atoms. The summed E-state index contributed by atoms with van der Waals surface area (Å²) in [6.07, 6.45) is 10.3. The minimum Gasteiger partial charge on any atom is -0.393 e. The normalized spacial score (nSPS) is 46.8. The molecule has 0 spiro atoms. The van der Waals surface area contributed by atoms with Gasteiger partial charge in [0, 0.05) is 5.92 Å². The smallest absolute Gasteiger partial charge is 0.273 e. The number of allylic oxidation sites excluding steroid dienone is 1. The Morgan fingerprint density at radius 1 is 1.19 bits per heavy atom. The molecule has 0 aromatic heterocycles. The highest BCUT2D eigenvalue weighted by Crippen LogP contribution is 2.65. The molecule has 0 aliphatic heterocycles. The molecule has 4 aliphatic rings. The van der Waals surface area contributed by atoms with E-state index in [0.29, 0.717) is 23.7 Å². The first-order chi connectivity index (χ1) is 12.3. The molecular formula is C22H34F2O2. The van der Waals surface area contributed by atoms with Crippen LogP contribution >= 0.6 is 0 Å². The third kappa shape index (κ3) is 2.78. The van der Waals surface area contributed by atoms with Crippen molar-refractivity contribution in [3.63, 3.8) is 0 Å². The van der Waals surface area contributed by atoms with Crippen molar-refractivity contribution in [3.8, 4) is 0 Å². The van der Waals surface area contributed by atoms with Gasteiger partial charge in [0.1, 0.15) is 6.61 Å². The average Bonchev–Trinajstić information content (AvgIpc) is 2.97. The van der Waals surface area contributed by atoms with Gasteiger partial charge in [-0.3, -0.25) is 0 Å². The van der Waals surface area contributed by atoms with Crippen molar-refractivity contribution in [2.75, 3.05) is 6.61 Å². The van der Waals surface area contributed by atoms with Crippen molar-refractivity contribution in [2.45, 2.75) is 77.2 Å². The highest BCUT2D eigenvalue weighted by atomic mass is 19.3. The van der Waals surface area contributed by atoms with Gasteiger partial charge in [-0.1, -0.05) is 25.5 Å². The standard InChI is InChI=1S/C22H34F2O2/c1-13(22(23,24)12-25)19-7-8-20-18-5-3-14-11-15(26)4-6-16(14)17(18)9-10-21(19,20)2/h3,13,15-20,25-26H,4-12H2,1-2H3/t13?,15?,16-,17?,18?,19+,20?,21+/m0/s1. The first-order valence-electron chi connectivity index (χ1n) is 10.6. The number of aliphatic hydroxyl groups excluding tert-OH is 2. The van der Waals surface area contributed by atoms with E-state index in [2.05, 4.69) is 13.0 Å². The van der Waals surface area contributed by atoms with Crippen LogP contribution in [0, 0.1) is 40.9 Å². The Morgan fingerprint density at radius 2 is 1.96 bits per heavy atom. The Kier molecular flexibility index (Phi) is 4.75. The van der Waals surface area contributed by atoms with Crippen LogP contribution in [0.4, 0.5) is 8.78 Å². The first kappa shape index (κ1) is 18.9. The second-order valence-corrected chi connectivity index (χ2v) is 9.93. The zero-order chi connectivity index (χ0) is 18.7. The maximum atomic E-state index is 14.2. The second kappa shape index (κ2) is 6.55. The fraction of sp³-hybridized carbons (Fsp3) is 0.909. The molecular weight excluding hydrogens is 334 g/mol. The molecule has 5 unspecified atom stereocenters. The van der Waals surface area contributed by atoms with E-state index >= 15 is 0 Å². The van der Waals surface area contributed by atoms with Gasteiger partial charge in [0.25, 0.3) is 5.92 Å². The fourth-order valence-electron chi connectivity index (χ4n) is 7.55. The molecule has 0 saturated heterocycles. The van der Waals surface area contributed by atoms with Crippen LogP contribution in [0.2, 0.25) is 0 Å². The van der Waals surface area contributed by atoms with Gasteiger partial charge in [0.05, 0.1) is 6.10 Å². The summed E-state index contributed by atoms with van der Waals surface area (Å²) < 4.78 is 28.5. The number of fused-ring (bicyclic) bond motifs is 5. The maximum absolute atomic E-state index is 14.2. The lowest BCUT2D eigenvalue weighted by atomic mass is 9.51. The number of hydrogen-bond donors (Lipinski definition) is 2. The van der Waals surface area contributed by atoms with E-state index < -0.39 is 18.4 Å². The molecule has 26 heavy (non-hydrogen) atoms. The summed E-state index contributed by atoms with van der Waals surface area (Å²) in [7, 11) is 0. The maximum Gasteiger partial charge on any atom is 0.273 e. The van der Waals surface area contributed by atoms with E-state index in [-0.39, 0.29) is 17.4 Å². The van der Waals surface area contributed by atoms with Crippen molar-refractivity contribution < 1.29 is 19.0 Å². The second-order valence-electron chi connectivity index (χ2n) is 9.93. The predicted molar refractivity (Wildman–Crippen MR) is 97.8 cm³/mol. The largest absolute Gasteiger partial charge is 0.393 e. The summed E-state index contributed by atoms with van der Waals surface area (Å²) in [6, 6.07) is 0. The van der Waals surface area contributed by atoms with E-state index in [1.165, 1.54) is 5.57 Å². The van der Waals surface area contributed by atoms with Gasteiger partial charge < -0.3 is 10.2 Å². The Bertz CT molecular complexity index is 574. The minimum atomic E-state index is -2.97. The van der Waals surface area contributed by atoms with Crippen molar-refractivity contribution in [3.05, 3.63) is 11.6 Å². The van der Waals surface area contributed by atoms with Gasteiger partial charge >= 0.3 is 0 Å². The summed E-state index contributed by atoms with van der Waals surface area (Å²) in [6.45, 7) is 2.88. The average molecular weight is 369 g/mol. The molecule has 0 amide bonds. The van der Waals surface area contributed by atoms with Crippen LogP contribution in [-0.4, -0.2) is 28.8 Å². The summed E-state index contributed by atoms with van der Waals surface area (Å²) in [5.74, 6) is -1.25. The Hall–Kier alpha value is -0.480.